The molecule has 20 rings (SSSR count). The molecule has 0 amide bonds. The molecule has 3 aromatic heterocycles. The van der Waals surface area contributed by atoms with Crippen molar-refractivity contribution in [2.24, 2.45) is 10.8 Å². The molecule has 0 fully saturated rings. The van der Waals surface area contributed by atoms with Crippen molar-refractivity contribution < 1.29 is 30.4 Å². The molecule has 8 atom stereocenters. The maximum atomic E-state index is 6.90. The van der Waals surface area contributed by atoms with Crippen LogP contribution in [0, 0.1) is 29.3 Å². The van der Waals surface area contributed by atoms with Gasteiger partial charge in [-0.3, -0.25) is 4.57 Å². The van der Waals surface area contributed by atoms with Crippen LogP contribution in [-0.4, -0.2) is 14.1 Å². The molecule has 3 heterocycles. The zero-order valence-corrected chi connectivity index (χ0v) is 59.5. The first-order chi connectivity index (χ1) is 46.8. The molecule has 98 heavy (non-hydrogen) atoms. The third kappa shape index (κ3) is 6.57. The standard InChI is InChI=1S/C92H74N4O.Pt/c1-84(2,3)58-48-49-93-82(52-58)96-78-39-21-12-28-64(78)65-45-44-61(54-81(65)96)97-60-27-24-26-59(53-60)94-55-95(80-41-23-22-40-79(80)94)83-62(56-42-46-74-76(50-56)89(8)72-37-19-17-35-70(72)85(4)66-31-13-15-33-68(66)87(74,6)91(85,89)10)29-25-30-63(83)57-43-47-75-77(51-57)90(9)73-38-20-18-36-71(73)86(5)67-32-14-16-34-69(67)88(75,7)92(86,90)11;/h12-52H,1-11H3;/q-2;. The van der Waals surface area contributed by atoms with Crippen LogP contribution in [0.25, 0.3) is 72.3 Å². The van der Waals surface area contributed by atoms with Gasteiger partial charge in [-0.15, -0.1) is 29.7 Å². The molecule has 6 heteroatoms. The number of pyridine rings is 1. The minimum absolute atomic E-state index is 0. The molecule has 0 saturated heterocycles. The molecule has 480 valence electrons. The molecule has 0 bridgehead atoms. The Balaban J connectivity index is 0.00000673. The van der Waals surface area contributed by atoms with E-state index in [2.05, 4.69) is 339 Å². The molecule has 0 spiro atoms. The SMILES string of the molecule is CC(C)(C)c1ccnc(-n2c3[c-]c(Oc4[c-]c(-n5[c-][n+](-c6c(-c7ccc8c(c7)C7(C)c9ccccc9C9(C)c%10ccccc%10C8(C)C97C)cccc6-c6ccc7c(c6)C6(C)c8ccccc8C8(C)c9ccccc9C7(C)C86C)c6ccccc65)ccc4)ccc3c3ccccc32)c1.[Pt]. The summed E-state index contributed by atoms with van der Waals surface area (Å²) in [6.07, 6.45) is 5.98. The van der Waals surface area contributed by atoms with Gasteiger partial charge in [0.15, 0.2) is 0 Å². The number of nitrogens with zero attached hydrogens (tertiary/aromatic N) is 4. The van der Waals surface area contributed by atoms with E-state index >= 15 is 0 Å². The molecule has 6 aliphatic carbocycles. The van der Waals surface area contributed by atoms with Crippen molar-refractivity contribution in [3.63, 3.8) is 0 Å². The Morgan fingerprint density at radius 1 is 0.398 bits per heavy atom. The van der Waals surface area contributed by atoms with Gasteiger partial charge >= 0.3 is 0 Å². The summed E-state index contributed by atoms with van der Waals surface area (Å²) < 4.78 is 13.6. The molecule has 0 aliphatic heterocycles. The van der Waals surface area contributed by atoms with Crippen molar-refractivity contribution in [3.05, 3.63) is 340 Å². The minimum atomic E-state index is -0.324. The topological polar surface area (TPSA) is 35.9 Å². The zero-order valence-electron chi connectivity index (χ0n) is 57.2. The predicted octanol–water partition coefficient (Wildman–Crippen LogP) is 20.8. The van der Waals surface area contributed by atoms with Gasteiger partial charge in [-0.2, -0.15) is 18.2 Å². The van der Waals surface area contributed by atoms with E-state index in [0.717, 1.165) is 61.2 Å². The summed E-state index contributed by atoms with van der Waals surface area (Å²) >= 11 is 0. The van der Waals surface area contributed by atoms with Crippen molar-refractivity contribution in [2.45, 2.75) is 114 Å². The fourth-order valence-corrected chi connectivity index (χ4v) is 22.2. The van der Waals surface area contributed by atoms with Crippen molar-refractivity contribution in [3.8, 4) is 50.9 Å². The maximum Gasteiger partial charge on any atom is 0.268 e. The summed E-state index contributed by atoms with van der Waals surface area (Å²) in [6.45, 7) is 27.3. The number of benzene rings is 11. The molecule has 8 unspecified atom stereocenters. The number of aromatic nitrogens is 4. The van der Waals surface area contributed by atoms with Crippen molar-refractivity contribution in [2.75, 3.05) is 0 Å². The predicted molar refractivity (Wildman–Crippen MR) is 390 cm³/mol. The third-order valence-corrected chi connectivity index (χ3v) is 27.3. The van der Waals surface area contributed by atoms with Gasteiger partial charge in [0.2, 0.25) is 0 Å². The van der Waals surface area contributed by atoms with E-state index in [-0.39, 0.29) is 69.8 Å². The Bertz CT molecular complexity index is 5650. The summed E-state index contributed by atoms with van der Waals surface area (Å²) in [6, 6.07) is 99.0. The summed E-state index contributed by atoms with van der Waals surface area (Å²) in [5, 5.41) is 2.21. The fraction of sp³-hybridized carbons (Fsp3) is 0.217. The second-order valence-electron chi connectivity index (χ2n) is 31.3. The first-order valence-corrected chi connectivity index (χ1v) is 34.7. The molecule has 0 radical (unpaired) electrons. The van der Waals surface area contributed by atoms with Crippen molar-refractivity contribution in [1.29, 1.82) is 0 Å². The molecular formula is C92H74N4OPt-2. The normalized spacial score (nSPS) is 25.9. The Kier molecular flexibility index (Phi) is 11.8. The van der Waals surface area contributed by atoms with Gasteiger partial charge in [-0.05, 0) is 129 Å². The molecule has 14 aromatic rings. The van der Waals surface area contributed by atoms with E-state index in [1.165, 1.54) is 83.5 Å². The molecule has 0 saturated carbocycles. The van der Waals surface area contributed by atoms with E-state index in [9.17, 15) is 0 Å². The Morgan fingerprint density at radius 3 is 1.35 bits per heavy atom. The van der Waals surface area contributed by atoms with E-state index < -0.39 is 0 Å². The van der Waals surface area contributed by atoms with Crippen LogP contribution in [0.5, 0.6) is 11.5 Å². The van der Waals surface area contributed by atoms with Crippen LogP contribution in [0.1, 0.15) is 148 Å². The molecule has 0 N–H and O–H groups in total. The Morgan fingerprint density at radius 2 is 0.837 bits per heavy atom. The largest absolute Gasteiger partial charge is 0.510 e. The van der Waals surface area contributed by atoms with Crippen LogP contribution in [0.2, 0.25) is 0 Å². The van der Waals surface area contributed by atoms with Crippen LogP contribution in [0.3, 0.4) is 0 Å². The number of hydrogen-bond acceptors (Lipinski definition) is 2. The van der Waals surface area contributed by atoms with Gasteiger partial charge in [-0.25, -0.2) is 4.98 Å². The first-order valence-electron chi connectivity index (χ1n) is 34.7. The zero-order chi connectivity index (χ0) is 65.9. The fourth-order valence-electron chi connectivity index (χ4n) is 22.2. The third-order valence-electron chi connectivity index (χ3n) is 27.3. The second kappa shape index (κ2) is 19.4. The van der Waals surface area contributed by atoms with Crippen LogP contribution < -0.4 is 9.30 Å². The van der Waals surface area contributed by atoms with Gasteiger partial charge in [-0.1, -0.05) is 276 Å². The number of para-hydroxylation sites is 4. The molecule has 5 nitrogen and oxygen atoms in total. The minimum Gasteiger partial charge on any atom is -0.510 e. The summed E-state index contributed by atoms with van der Waals surface area (Å²) in [7, 11) is 0. The van der Waals surface area contributed by atoms with Gasteiger partial charge in [0.25, 0.3) is 6.33 Å². The van der Waals surface area contributed by atoms with Crippen molar-refractivity contribution >= 4 is 32.8 Å². The average molecular weight is 1450 g/mol. The average Bonchev–Trinajstić information content (AvgIpc) is 1.45. The van der Waals surface area contributed by atoms with Gasteiger partial charge in [0.05, 0.1) is 16.7 Å². The smallest absolute Gasteiger partial charge is 0.268 e. The van der Waals surface area contributed by atoms with Crippen LogP contribution in [-0.2, 0) is 59.0 Å². The number of ether oxygens (including phenoxy) is 1. The quantitative estimate of drug-likeness (QED) is 0.118. The molecule has 11 aromatic carbocycles. The van der Waals surface area contributed by atoms with E-state index in [1.807, 2.05) is 18.3 Å². The van der Waals surface area contributed by atoms with E-state index in [4.69, 9.17) is 9.72 Å². The van der Waals surface area contributed by atoms with Crippen molar-refractivity contribution in [1.82, 2.24) is 14.1 Å². The van der Waals surface area contributed by atoms with Gasteiger partial charge < -0.3 is 13.9 Å². The number of hydrogen-bond donors (Lipinski definition) is 0. The van der Waals surface area contributed by atoms with Gasteiger partial charge in [0, 0.05) is 87.6 Å². The molecule has 6 aliphatic rings. The second-order valence-corrected chi connectivity index (χ2v) is 31.3. The summed E-state index contributed by atoms with van der Waals surface area (Å²) in [4.78, 5) is 4.95. The van der Waals surface area contributed by atoms with Crippen LogP contribution >= 0.6 is 0 Å². The number of rotatable bonds is 7. The van der Waals surface area contributed by atoms with E-state index in [0.29, 0.717) is 11.5 Å². The Labute approximate surface area is 588 Å². The number of fused-ring (bicyclic) bond motifs is 22. The van der Waals surface area contributed by atoms with E-state index in [1.54, 1.807) is 0 Å². The van der Waals surface area contributed by atoms with Gasteiger partial charge in [0.1, 0.15) is 5.82 Å². The number of imidazole rings is 1. The first kappa shape index (κ1) is 59.6. The monoisotopic (exact) mass is 1450 g/mol. The maximum absolute atomic E-state index is 6.90. The Hall–Kier alpha value is -9.67. The van der Waals surface area contributed by atoms with Crippen LogP contribution in [0.4, 0.5) is 0 Å². The molecular weight excluding hydrogens is 1370 g/mol. The summed E-state index contributed by atoms with van der Waals surface area (Å²) in [5.41, 5.74) is 26.8. The van der Waals surface area contributed by atoms with Crippen LogP contribution in [0.15, 0.2) is 249 Å². The summed E-state index contributed by atoms with van der Waals surface area (Å²) in [5.74, 6) is 2.00.